The Hall–Kier alpha value is -7.22. The molecule has 9 aromatic carbocycles. The van der Waals surface area contributed by atoms with Crippen molar-refractivity contribution in [2.45, 2.75) is 11.3 Å². The van der Waals surface area contributed by atoms with Gasteiger partial charge in [-0.05, 0) is 102 Å². The highest BCUT2D eigenvalue weighted by atomic mass is 15.1. The standard InChI is InChI=1S/C57H41N/c1-4-15-40(16-5-1)44-18-14-19-45(37-44)41-29-32-48(33-30-41)58(49-34-31-43-28-27-42-17-10-11-24-51(42)54(43)38-49)50-35-36-53-52-25-12-13-26-55(52)57(56(53)39-50,46-20-6-2-7-21-46)47-22-8-3-9-23-47/h1-39,53,56H. The fraction of sp³-hybridized carbons (Fsp3) is 0.0526. The van der Waals surface area contributed by atoms with E-state index in [-0.39, 0.29) is 17.3 Å². The fourth-order valence-electron chi connectivity index (χ4n) is 9.98. The molecule has 2 aliphatic rings. The topological polar surface area (TPSA) is 3.24 Å². The molecule has 0 spiro atoms. The molecule has 0 heterocycles. The Kier molecular flexibility index (Phi) is 8.26. The summed E-state index contributed by atoms with van der Waals surface area (Å²) in [5, 5.41) is 5.01. The van der Waals surface area contributed by atoms with E-state index in [9.17, 15) is 0 Å². The summed E-state index contributed by atoms with van der Waals surface area (Å²) in [4.78, 5) is 2.47. The van der Waals surface area contributed by atoms with Crippen molar-refractivity contribution in [2.24, 2.45) is 5.92 Å². The minimum Gasteiger partial charge on any atom is -0.311 e. The summed E-state index contributed by atoms with van der Waals surface area (Å²) in [6.07, 6.45) is 7.42. The van der Waals surface area contributed by atoms with Gasteiger partial charge in [0.2, 0.25) is 0 Å². The molecule has 2 atom stereocenters. The fourth-order valence-corrected chi connectivity index (χ4v) is 9.98. The second-order valence-corrected chi connectivity index (χ2v) is 15.7. The van der Waals surface area contributed by atoms with E-state index in [0.29, 0.717) is 0 Å². The molecule has 274 valence electrons. The molecule has 0 saturated carbocycles. The van der Waals surface area contributed by atoms with Crippen molar-refractivity contribution in [3.05, 3.63) is 265 Å². The van der Waals surface area contributed by atoms with Crippen molar-refractivity contribution in [1.29, 1.82) is 0 Å². The van der Waals surface area contributed by atoms with Gasteiger partial charge < -0.3 is 4.90 Å². The minimum absolute atomic E-state index is 0.137. The van der Waals surface area contributed by atoms with Crippen molar-refractivity contribution < 1.29 is 0 Å². The lowest BCUT2D eigenvalue weighted by atomic mass is 9.63. The zero-order valence-corrected chi connectivity index (χ0v) is 32.1. The van der Waals surface area contributed by atoms with E-state index >= 15 is 0 Å². The second-order valence-electron chi connectivity index (χ2n) is 15.7. The highest BCUT2D eigenvalue weighted by Gasteiger charge is 2.53. The maximum absolute atomic E-state index is 2.58. The Morgan fingerprint density at radius 3 is 1.67 bits per heavy atom. The van der Waals surface area contributed by atoms with Gasteiger partial charge in [-0.2, -0.15) is 0 Å². The maximum atomic E-state index is 2.58. The van der Waals surface area contributed by atoms with Crippen LogP contribution in [0.3, 0.4) is 0 Å². The third kappa shape index (κ3) is 5.54. The van der Waals surface area contributed by atoms with Gasteiger partial charge in [-0.25, -0.2) is 0 Å². The van der Waals surface area contributed by atoms with Crippen LogP contribution in [0.15, 0.2) is 242 Å². The largest absolute Gasteiger partial charge is 0.311 e. The van der Waals surface area contributed by atoms with E-state index in [1.54, 1.807) is 0 Å². The Morgan fingerprint density at radius 2 is 0.948 bits per heavy atom. The van der Waals surface area contributed by atoms with Gasteiger partial charge in [-0.15, -0.1) is 0 Å². The smallest absolute Gasteiger partial charge is 0.0526 e. The number of allylic oxidation sites excluding steroid dienone is 3. The SMILES string of the molecule is C1=CC2c3ccccc3C(c3ccccc3)(c3ccccc3)C2C=C1N(c1ccc(-c2cccc(-c3ccccc3)c2)cc1)c1ccc2ccc3ccccc3c2c1. The lowest BCUT2D eigenvalue weighted by Gasteiger charge is -2.40. The van der Waals surface area contributed by atoms with E-state index in [0.717, 1.165) is 11.4 Å². The second kappa shape index (κ2) is 14.1. The average molecular weight is 740 g/mol. The Morgan fingerprint density at radius 1 is 0.397 bits per heavy atom. The van der Waals surface area contributed by atoms with Crippen LogP contribution in [0.1, 0.15) is 28.2 Å². The number of anilines is 2. The number of benzene rings is 9. The number of nitrogens with zero attached hydrogens (tertiary/aromatic N) is 1. The van der Waals surface area contributed by atoms with Gasteiger partial charge in [0.25, 0.3) is 0 Å². The first-order valence-corrected chi connectivity index (χ1v) is 20.3. The van der Waals surface area contributed by atoms with E-state index < -0.39 is 0 Å². The molecule has 0 aliphatic heterocycles. The van der Waals surface area contributed by atoms with Crippen LogP contribution >= 0.6 is 0 Å². The summed E-state index contributed by atoms with van der Waals surface area (Å²) in [6, 6.07) is 80.3. The van der Waals surface area contributed by atoms with E-state index in [1.807, 2.05) is 0 Å². The van der Waals surface area contributed by atoms with Gasteiger partial charge in [0.15, 0.2) is 0 Å². The summed E-state index contributed by atoms with van der Waals surface area (Å²) in [6.45, 7) is 0. The van der Waals surface area contributed by atoms with E-state index in [2.05, 4.69) is 242 Å². The molecule has 0 N–H and O–H groups in total. The normalized spacial score (nSPS) is 16.4. The molecule has 0 aromatic heterocycles. The zero-order chi connectivity index (χ0) is 38.5. The molecule has 0 bridgehead atoms. The van der Waals surface area contributed by atoms with Crippen molar-refractivity contribution in [3.8, 4) is 22.3 Å². The maximum Gasteiger partial charge on any atom is 0.0526 e. The van der Waals surface area contributed by atoms with Crippen molar-refractivity contribution in [1.82, 2.24) is 0 Å². The summed E-state index contributed by atoms with van der Waals surface area (Å²) < 4.78 is 0. The summed E-state index contributed by atoms with van der Waals surface area (Å²) in [5.41, 5.74) is 13.3. The predicted molar refractivity (Wildman–Crippen MR) is 244 cm³/mol. The molecular formula is C57H41N. The first-order valence-electron chi connectivity index (χ1n) is 20.3. The predicted octanol–water partition coefficient (Wildman–Crippen LogP) is 14.7. The molecule has 2 aliphatic carbocycles. The molecule has 1 heteroatoms. The molecule has 0 amide bonds. The van der Waals surface area contributed by atoms with Crippen LogP contribution in [0, 0.1) is 5.92 Å². The molecule has 2 unspecified atom stereocenters. The number of hydrogen-bond donors (Lipinski definition) is 0. The van der Waals surface area contributed by atoms with Crippen LogP contribution in [0.2, 0.25) is 0 Å². The molecule has 0 fully saturated rings. The van der Waals surface area contributed by atoms with Gasteiger partial charge in [-0.1, -0.05) is 200 Å². The number of rotatable bonds is 7. The van der Waals surface area contributed by atoms with Gasteiger partial charge in [0, 0.05) is 28.9 Å². The molecule has 1 nitrogen and oxygen atoms in total. The van der Waals surface area contributed by atoms with Crippen LogP contribution < -0.4 is 4.90 Å². The molecular weight excluding hydrogens is 699 g/mol. The third-order valence-corrected chi connectivity index (χ3v) is 12.6. The lowest BCUT2D eigenvalue weighted by Crippen LogP contribution is -2.36. The number of hydrogen-bond acceptors (Lipinski definition) is 1. The quantitative estimate of drug-likeness (QED) is 0.147. The van der Waals surface area contributed by atoms with E-state index in [1.165, 1.54) is 71.7 Å². The number of fused-ring (bicyclic) bond motifs is 6. The van der Waals surface area contributed by atoms with Gasteiger partial charge in [0.05, 0.1) is 5.41 Å². The van der Waals surface area contributed by atoms with Crippen LogP contribution in [-0.4, -0.2) is 0 Å². The molecule has 0 saturated heterocycles. The average Bonchev–Trinajstić information content (AvgIpc) is 3.60. The van der Waals surface area contributed by atoms with E-state index in [4.69, 9.17) is 0 Å². The first kappa shape index (κ1) is 34.1. The highest BCUT2D eigenvalue weighted by Crippen LogP contribution is 2.60. The van der Waals surface area contributed by atoms with Crippen LogP contribution in [0.5, 0.6) is 0 Å². The van der Waals surface area contributed by atoms with Crippen molar-refractivity contribution in [2.75, 3.05) is 4.90 Å². The molecule has 9 aromatic rings. The summed E-state index contributed by atoms with van der Waals surface area (Å²) in [7, 11) is 0. The van der Waals surface area contributed by atoms with Crippen LogP contribution in [0.25, 0.3) is 43.8 Å². The molecule has 0 radical (unpaired) electrons. The Labute approximate surface area is 340 Å². The van der Waals surface area contributed by atoms with Gasteiger partial charge in [0.1, 0.15) is 0 Å². The van der Waals surface area contributed by atoms with Gasteiger partial charge in [-0.3, -0.25) is 0 Å². The first-order chi connectivity index (χ1) is 28.8. The summed E-state index contributed by atoms with van der Waals surface area (Å²) >= 11 is 0. The molecule has 11 rings (SSSR count). The van der Waals surface area contributed by atoms with Crippen LogP contribution in [-0.2, 0) is 5.41 Å². The summed E-state index contributed by atoms with van der Waals surface area (Å²) in [5.74, 6) is 0.362. The third-order valence-electron chi connectivity index (χ3n) is 12.6. The van der Waals surface area contributed by atoms with Crippen molar-refractivity contribution in [3.63, 3.8) is 0 Å². The van der Waals surface area contributed by atoms with Crippen LogP contribution in [0.4, 0.5) is 11.4 Å². The minimum atomic E-state index is -0.376. The van der Waals surface area contributed by atoms with Gasteiger partial charge >= 0.3 is 0 Å². The monoisotopic (exact) mass is 739 g/mol. The Balaban J connectivity index is 1.10. The Bertz CT molecular complexity index is 2960. The zero-order valence-electron chi connectivity index (χ0n) is 32.1. The highest BCUT2D eigenvalue weighted by molar-refractivity contribution is 6.08. The molecule has 58 heavy (non-hydrogen) atoms. The lowest BCUT2D eigenvalue weighted by molar-refractivity contribution is 0.454. The van der Waals surface area contributed by atoms with Crippen molar-refractivity contribution >= 4 is 32.9 Å².